The summed E-state index contributed by atoms with van der Waals surface area (Å²) in [7, 11) is 0. The second-order valence-electron chi connectivity index (χ2n) is 6.87. The van der Waals surface area contributed by atoms with E-state index in [-0.39, 0.29) is 5.91 Å². The molecule has 0 radical (unpaired) electrons. The number of amides is 1. The molecule has 2 aromatic carbocycles. The fourth-order valence-electron chi connectivity index (χ4n) is 3.28. The Morgan fingerprint density at radius 1 is 0.960 bits per heavy atom. The fraction of sp³-hybridized carbons (Fsp3) is 0.381. The molecule has 132 valence electrons. The molecule has 3 rings (SSSR count). The molecule has 25 heavy (non-hydrogen) atoms. The smallest absolute Gasteiger partial charge is 0.237 e. The Kier molecular flexibility index (Phi) is 5.84. The maximum absolute atomic E-state index is 12.5. The molecular weight excluding hydrogens is 310 g/mol. The first-order valence-corrected chi connectivity index (χ1v) is 8.97. The van der Waals surface area contributed by atoms with E-state index >= 15 is 0 Å². The predicted molar refractivity (Wildman–Crippen MR) is 101 cm³/mol. The minimum Gasteiger partial charge on any atom is -0.336 e. The summed E-state index contributed by atoms with van der Waals surface area (Å²) >= 11 is 0. The first-order valence-electron chi connectivity index (χ1n) is 8.97. The van der Waals surface area contributed by atoms with E-state index < -0.39 is 0 Å². The molecule has 1 fully saturated rings. The van der Waals surface area contributed by atoms with Crippen molar-refractivity contribution in [2.45, 2.75) is 26.4 Å². The molecule has 4 heteroatoms. The van der Waals surface area contributed by atoms with Crippen molar-refractivity contribution in [2.24, 2.45) is 5.73 Å². The van der Waals surface area contributed by atoms with Crippen molar-refractivity contribution < 1.29 is 4.79 Å². The van der Waals surface area contributed by atoms with Crippen LogP contribution in [0.3, 0.4) is 0 Å². The Morgan fingerprint density at radius 2 is 1.72 bits per heavy atom. The number of nitrogens with zero attached hydrogens (tertiary/aromatic N) is 2. The number of nitrogens with two attached hydrogens (primary N) is 1. The van der Waals surface area contributed by atoms with Crippen molar-refractivity contribution in [3.63, 3.8) is 0 Å². The highest BCUT2D eigenvalue weighted by molar-refractivity contribution is 5.79. The number of hydrogen-bond acceptors (Lipinski definition) is 3. The van der Waals surface area contributed by atoms with Crippen LogP contribution in [0.4, 0.5) is 0 Å². The summed E-state index contributed by atoms with van der Waals surface area (Å²) in [5.74, 6) is 0.213. The third-order valence-corrected chi connectivity index (χ3v) is 4.72. The number of carbonyl (C=O) groups excluding carboxylic acids is 1. The van der Waals surface area contributed by atoms with Crippen LogP contribution < -0.4 is 5.73 Å². The first kappa shape index (κ1) is 17.6. The second kappa shape index (κ2) is 8.28. The zero-order chi connectivity index (χ0) is 17.6. The summed E-state index contributed by atoms with van der Waals surface area (Å²) in [6, 6.07) is 16.9. The van der Waals surface area contributed by atoms with Gasteiger partial charge in [-0.1, -0.05) is 54.1 Å². The quantitative estimate of drug-likeness (QED) is 0.880. The first-order chi connectivity index (χ1) is 12.1. The molecule has 0 spiro atoms. The van der Waals surface area contributed by atoms with Crippen LogP contribution in [-0.4, -0.2) is 41.9 Å². The van der Waals surface area contributed by atoms with Gasteiger partial charge in [0.25, 0.3) is 0 Å². The lowest BCUT2D eigenvalue weighted by atomic mass is 10.1. The van der Waals surface area contributed by atoms with Crippen LogP contribution in [0, 0.1) is 6.92 Å². The van der Waals surface area contributed by atoms with E-state index in [2.05, 4.69) is 60.4 Å². The molecule has 1 saturated heterocycles. The Balaban J connectivity index is 1.55. The molecule has 1 aliphatic heterocycles. The van der Waals surface area contributed by atoms with Crippen molar-refractivity contribution in [2.75, 3.05) is 26.2 Å². The number of carbonyl (C=O) groups is 1. The van der Waals surface area contributed by atoms with E-state index in [9.17, 15) is 4.79 Å². The summed E-state index contributed by atoms with van der Waals surface area (Å²) in [6.45, 7) is 6.47. The van der Waals surface area contributed by atoms with Crippen LogP contribution in [0.2, 0.25) is 0 Å². The average molecular weight is 337 g/mol. The maximum Gasteiger partial charge on any atom is 0.237 e. The third kappa shape index (κ3) is 4.91. The zero-order valence-electron chi connectivity index (χ0n) is 14.9. The standard InChI is InChI=1S/C21H27N3O/c1-17-5-7-19(8-6-17)15-24-12-11-23(16-21(24)25)14-20-4-2-3-18(13-20)9-10-22/h2-8,13H,9-12,14-16,22H2,1H3. The molecule has 0 atom stereocenters. The Morgan fingerprint density at radius 3 is 2.44 bits per heavy atom. The van der Waals surface area contributed by atoms with Crippen LogP contribution in [0.5, 0.6) is 0 Å². The second-order valence-corrected chi connectivity index (χ2v) is 6.87. The molecule has 1 heterocycles. The van der Waals surface area contributed by atoms with Crippen LogP contribution >= 0.6 is 0 Å². The summed E-state index contributed by atoms with van der Waals surface area (Å²) in [5.41, 5.74) is 10.6. The molecule has 0 bridgehead atoms. The van der Waals surface area contributed by atoms with Gasteiger partial charge in [0.05, 0.1) is 6.54 Å². The molecule has 1 amide bonds. The highest BCUT2D eigenvalue weighted by Crippen LogP contribution is 2.14. The number of piperazine rings is 1. The van der Waals surface area contributed by atoms with E-state index in [1.54, 1.807) is 0 Å². The summed E-state index contributed by atoms with van der Waals surface area (Å²) < 4.78 is 0. The van der Waals surface area contributed by atoms with Crippen molar-refractivity contribution in [3.05, 3.63) is 70.8 Å². The lowest BCUT2D eigenvalue weighted by molar-refractivity contribution is -0.136. The van der Waals surface area contributed by atoms with Gasteiger partial charge in [-0.3, -0.25) is 9.69 Å². The van der Waals surface area contributed by atoms with Crippen molar-refractivity contribution in [3.8, 4) is 0 Å². The van der Waals surface area contributed by atoms with Crippen molar-refractivity contribution in [1.29, 1.82) is 0 Å². The molecule has 2 N–H and O–H groups in total. The maximum atomic E-state index is 12.5. The minimum atomic E-state index is 0.213. The van der Waals surface area contributed by atoms with Gasteiger partial charge >= 0.3 is 0 Å². The lowest BCUT2D eigenvalue weighted by Gasteiger charge is -2.34. The van der Waals surface area contributed by atoms with Crippen LogP contribution in [0.25, 0.3) is 0 Å². The minimum absolute atomic E-state index is 0.213. The number of aryl methyl sites for hydroxylation is 1. The molecule has 0 saturated carbocycles. The lowest BCUT2D eigenvalue weighted by Crippen LogP contribution is -2.49. The summed E-state index contributed by atoms with van der Waals surface area (Å²) in [5, 5.41) is 0. The number of rotatable bonds is 6. The van der Waals surface area contributed by atoms with Gasteiger partial charge < -0.3 is 10.6 Å². The number of benzene rings is 2. The molecule has 0 aliphatic carbocycles. The summed E-state index contributed by atoms with van der Waals surface area (Å²) in [4.78, 5) is 16.7. The van der Waals surface area contributed by atoms with Gasteiger partial charge in [-0.25, -0.2) is 0 Å². The highest BCUT2D eigenvalue weighted by Gasteiger charge is 2.23. The highest BCUT2D eigenvalue weighted by atomic mass is 16.2. The average Bonchev–Trinajstić information content (AvgIpc) is 2.60. The Hall–Kier alpha value is -2.17. The van der Waals surface area contributed by atoms with Gasteiger partial charge in [0.15, 0.2) is 0 Å². The largest absolute Gasteiger partial charge is 0.336 e. The molecule has 1 aliphatic rings. The van der Waals surface area contributed by atoms with E-state index in [1.807, 2.05) is 4.90 Å². The molecular formula is C21H27N3O. The molecule has 0 aromatic heterocycles. The Labute approximate surface area is 150 Å². The monoisotopic (exact) mass is 337 g/mol. The van der Waals surface area contributed by atoms with Gasteiger partial charge in [-0.15, -0.1) is 0 Å². The van der Waals surface area contributed by atoms with Gasteiger partial charge in [0.1, 0.15) is 0 Å². The SMILES string of the molecule is Cc1ccc(CN2CCN(Cc3cccc(CCN)c3)CC2=O)cc1. The van der Waals surface area contributed by atoms with E-state index in [0.717, 1.165) is 26.1 Å². The van der Waals surface area contributed by atoms with Gasteiger partial charge in [-0.2, -0.15) is 0 Å². The molecule has 2 aromatic rings. The molecule has 0 unspecified atom stereocenters. The van der Waals surface area contributed by atoms with Crippen molar-refractivity contribution in [1.82, 2.24) is 9.80 Å². The van der Waals surface area contributed by atoms with Gasteiger partial charge in [0.2, 0.25) is 5.91 Å². The third-order valence-electron chi connectivity index (χ3n) is 4.72. The van der Waals surface area contributed by atoms with E-state index in [1.165, 1.54) is 22.3 Å². The van der Waals surface area contributed by atoms with Crippen LogP contribution in [0.15, 0.2) is 48.5 Å². The van der Waals surface area contributed by atoms with E-state index in [4.69, 9.17) is 5.73 Å². The van der Waals surface area contributed by atoms with E-state index in [0.29, 0.717) is 19.6 Å². The van der Waals surface area contributed by atoms with Crippen LogP contribution in [-0.2, 0) is 24.3 Å². The topological polar surface area (TPSA) is 49.6 Å². The van der Waals surface area contributed by atoms with Crippen molar-refractivity contribution >= 4 is 5.91 Å². The van der Waals surface area contributed by atoms with Gasteiger partial charge in [0, 0.05) is 26.2 Å². The summed E-state index contributed by atoms with van der Waals surface area (Å²) in [6.07, 6.45) is 0.900. The van der Waals surface area contributed by atoms with Gasteiger partial charge in [-0.05, 0) is 36.6 Å². The molecule has 4 nitrogen and oxygen atoms in total. The zero-order valence-corrected chi connectivity index (χ0v) is 14.9. The number of hydrogen-bond donors (Lipinski definition) is 1. The predicted octanol–water partition coefficient (Wildman–Crippen LogP) is 2.34. The Bertz CT molecular complexity index is 711. The fourth-order valence-corrected chi connectivity index (χ4v) is 3.28. The normalized spacial score (nSPS) is 15.6. The van der Waals surface area contributed by atoms with Crippen LogP contribution in [0.1, 0.15) is 22.3 Å².